The van der Waals surface area contributed by atoms with Crippen LogP contribution in [0.15, 0.2) is 96.6 Å². The largest absolute Gasteiger partial charge is 0.340 e. The summed E-state index contributed by atoms with van der Waals surface area (Å²) < 4.78 is 0. The molecular weight excluding hydrogens is 424 g/mol. The van der Waals surface area contributed by atoms with Crippen molar-refractivity contribution in [1.29, 1.82) is 0 Å². The van der Waals surface area contributed by atoms with Gasteiger partial charge in [-0.1, -0.05) is 66.2 Å². The van der Waals surface area contributed by atoms with Crippen LogP contribution < -0.4 is 5.32 Å². The van der Waals surface area contributed by atoms with Crippen molar-refractivity contribution in [3.05, 3.63) is 102 Å². The van der Waals surface area contributed by atoms with E-state index in [2.05, 4.69) is 32.8 Å². The molecule has 2 heterocycles. The van der Waals surface area contributed by atoms with Gasteiger partial charge in [0.15, 0.2) is 0 Å². The van der Waals surface area contributed by atoms with E-state index in [4.69, 9.17) is 16.6 Å². The quantitative estimate of drug-likeness (QED) is 0.310. The minimum absolute atomic E-state index is 0.725. The van der Waals surface area contributed by atoms with Crippen LogP contribution in [-0.2, 0) is 0 Å². The number of hydrogen-bond donors (Lipinski definition) is 1. The minimum atomic E-state index is 0.725. The zero-order valence-corrected chi connectivity index (χ0v) is 17.9. The molecule has 0 aliphatic rings. The molecule has 5 rings (SSSR count). The van der Waals surface area contributed by atoms with Crippen molar-refractivity contribution in [2.45, 2.75) is 0 Å². The molecule has 0 spiro atoms. The molecule has 0 amide bonds. The number of nitrogens with zero attached hydrogens (tertiary/aromatic N) is 3. The summed E-state index contributed by atoms with van der Waals surface area (Å²) in [6.07, 6.45) is 1.58. The Morgan fingerprint density at radius 2 is 1.42 bits per heavy atom. The van der Waals surface area contributed by atoms with Crippen LogP contribution in [0.4, 0.5) is 11.5 Å². The van der Waals surface area contributed by atoms with Gasteiger partial charge in [0.2, 0.25) is 0 Å². The molecule has 2 aromatic heterocycles. The van der Waals surface area contributed by atoms with E-state index >= 15 is 0 Å². The first kappa shape index (κ1) is 19.4. The summed E-state index contributed by atoms with van der Waals surface area (Å²) in [4.78, 5) is 13.5. The van der Waals surface area contributed by atoms with Crippen LogP contribution >= 0.6 is 22.9 Å². The van der Waals surface area contributed by atoms with Gasteiger partial charge in [0.25, 0.3) is 0 Å². The molecular formula is C25H17ClN4S. The lowest BCUT2D eigenvalue weighted by atomic mass is 10.1. The fourth-order valence-corrected chi connectivity index (χ4v) is 4.16. The molecule has 0 radical (unpaired) electrons. The molecule has 4 nitrogen and oxygen atoms in total. The van der Waals surface area contributed by atoms with E-state index in [1.54, 1.807) is 17.7 Å². The zero-order valence-electron chi connectivity index (χ0n) is 16.4. The molecule has 1 N–H and O–H groups in total. The number of anilines is 2. The number of nitrogens with one attached hydrogen (secondary N) is 1. The third-order valence-corrected chi connectivity index (χ3v) is 5.93. The summed E-state index contributed by atoms with van der Waals surface area (Å²) in [5.74, 6) is 0.750. The van der Waals surface area contributed by atoms with Crippen LogP contribution in [0.3, 0.4) is 0 Å². The lowest BCUT2D eigenvalue weighted by Gasteiger charge is -2.08. The van der Waals surface area contributed by atoms with Crippen molar-refractivity contribution in [3.63, 3.8) is 0 Å². The second-order valence-electron chi connectivity index (χ2n) is 6.90. The van der Waals surface area contributed by atoms with Crippen molar-refractivity contribution in [1.82, 2.24) is 15.0 Å². The Hall–Kier alpha value is -3.54. The minimum Gasteiger partial charge on any atom is -0.340 e. The topological polar surface area (TPSA) is 50.7 Å². The molecule has 0 aliphatic heterocycles. The van der Waals surface area contributed by atoms with E-state index in [1.165, 1.54) is 0 Å². The third kappa shape index (κ3) is 4.48. The summed E-state index contributed by atoms with van der Waals surface area (Å²) in [6.45, 7) is 0. The molecule has 0 atom stereocenters. The number of thiazole rings is 1. The number of halogens is 1. The lowest BCUT2D eigenvalue weighted by Crippen LogP contribution is -1.95. The molecule has 6 heteroatoms. The van der Waals surface area contributed by atoms with Crippen LogP contribution in [0.25, 0.3) is 33.1 Å². The van der Waals surface area contributed by atoms with Gasteiger partial charge in [-0.05, 0) is 24.3 Å². The van der Waals surface area contributed by atoms with Gasteiger partial charge in [0.05, 0.1) is 11.4 Å². The van der Waals surface area contributed by atoms with Gasteiger partial charge in [-0.15, -0.1) is 11.3 Å². The molecule has 0 aliphatic carbocycles. The monoisotopic (exact) mass is 440 g/mol. The van der Waals surface area contributed by atoms with E-state index in [0.717, 1.165) is 49.6 Å². The Labute approximate surface area is 189 Å². The molecule has 31 heavy (non-hydrogen) atoms. The van der Waals surface area contributed by atoms with Crippen molar-refractivity contribution in [2.75, 3.05) is 5.32 Å². The molecule has 0 fully saturated rings. The predicted octanol–water partition coefficient (Wildman–Crippen LogP) is 7.33. The standard InChI is InChI=1S/C25H17ClN4S/c26-20-10-6-19(7-11-20)25-30-23(15-31-25)18-8-12-21(13-9-18)29-24-14-22(27-16-28-24)17-4-2-1-3-5-17/h1-16H,(H,27,28,29). The van der Waals surface area contributed by atoms with Crippen molar-refractivity contribution in [2.24, 2.45) is 0 Å². The highest BCUT2D eigenvalue weighted by Crippen LogP contribution is 2.30. The highest BCUT2D eigenvalue weighted by Gasteiger charge is 2.08. The van der Waals surface area contributed by atoms with Gasteiger partial charge >= 0.3 is 0 Å². The highest BCUT2D eigenvalue weighted by molar-refractivity contribution is 7.13. The van der Waals surface area contributed by atoms with E-state index in [9.17, 15) is 0 Å². The Balaban J connectivity index is 1.33. The number of rotatable bonds is 5. The fourth-order valence-electron chi connectivity index (χ4n) is 3.20. The molecule has 0 saturated carbocycles. The molecule has 0 saturated heterocycles. The van der Waals surface area contributed by atoms with Crippen molar-refractivity contribution >= 4 is 34.4 Å². The summed E-state index contributed by atoms with van der Waals surface area (Å²) in [5, 5.41) is 7.12. The van der Waals surface area contributed by atoms with E-state index in [1.807, 2.05) is 72.8 Å². The zero-order chi connectivity index (χ0) is 21.0. The van der Waals surface area contributed by atoms with Gasteiger partial charge < -0.3 is 5.32 Å². The van der Waals surface area contributed by atoms with Crippen LogP contribution in [-0.4, -0.2) is 15.0 Å². The summed E-state index contributed by atoms with van der Waals surface area (Å²) in [5.41, 5.74) is 5.98. The van der Waals surface area contributed by atoms with E-state index in [0.29, 0.717) is 0 Å². The average Bonchev–Trinajstić information content (AvgIpc) is 3.31. The summed E-state index contributed by atoms with van der Waals surface area (Å²) in [7, 11) is 0. The summed E-state index contributed by atoms with van der Waals surface area (Å²) >= 11 is 7.60. The van der Waals surface area contributed by atoms with Gasteiger partial charge in [-0.2, -0.15) is 0 Å². The molecule has 0 bridgehead atoms. The predicted molar refractivity (Wildman–Crippen MR) is 129 cm³/mol. The van der Waals surface area contributed by atoms with Crippen LogP contribution in [0.1, 0.15) is 0 Å². The lowest BCUT2D eigenvalue weighted by molar-refractivity contribution is 1.17. The first-order chi connectivity index (χ1) is 15.2. The maximum atomic E-state index is 5.98. The SMILES string of the molecule is Clc1ccc(-c2nc(-c3ccc(Nc4cc(-c5ccccc5)ncn4)cc3)cs2)cc1. The second-order valence-corrected chi connectivity index (χ2v) is 8.20. The Kier molecular flexibility index (Phi) is 5.44. The first-order valence-electron chi connectivity index (χ1n) is 9.71. The third-order valence-electron chi connectivity index (χ3n) is 4.79. The van der Waals surface area contributed by atoms with E-state index in [-0.39, 0.29) is 0 Å². The smallest absolute Gasteiger partial charge is 0.134 e. The van der Waals surface area contributed by atoms with Crippen LogP contribution in [0, 0.1) is 0 Å². The maximum Gasteiger partial charge on any atom is 0.134 e. The first-order valence-corrected chi connectivity index (χ1v) is 11.0. The van der Waals surface area contributed by atoms with Crippen LogP contribution in [0.2, 0.25) is 5.02 Å². The Morgan fingerprint density at radius 3 is 2.19 bits per heavy atom. The molecule has 150 valence electrons. The Morgan fingerprint density at radius 1 is 0.710 bits per heavy atom. The van der Waals surface area contributed by atoms with E-state index < -0.39 is 0 Å². The summed E-state index contributed by atoms with van der Waals surface area (Å²) in [6, 6.07) is 27.9. The molecule has 5 aromatic rings. The van der Waals surface area contributed by atoms with Crippen molar-refractivity contribution in [3.8, 4) is 33.1 Å². The Bertz CT molecular complexity index is 1300. The fraction of sp³-hybridized carbons (Fsp3) is 0. The van der Waals surface area contributed by atoms with Gasteiger partial charge in [0.1, 0.15) is 17.2 Å². The average molecular weight is 441 g/mol. The van der Waals surface area contributed by atoms with Gasteiger partial charge in [-0.3, -0.25) is 0 Å². The van der Waals surface area contributed by atoms with Crippen LogP contribution in [0.5, 0.6) is 0 Å². The number of aromatic nitrogens is 3. The molecule has 0 unspecified atom stereocenters. The maximum absolute atomic E-state index is 5.98. The second kappa shape index (κ2) is 8.68. The number of hydrogen-bond acceptors (Lipinski definition) is 5. The normalized spacial score (nSPS) is 10.7. The van der Waals surface area contributed by atoms with Gasteiger partial charge in [-0.25, -0.2) is 15.0 Å². The highest BCUT2D eigenvalue weighted by atomic mass is 35.5. The van der Waals surface area contributed by atoms with Crippen molar-refractivity contribution < 1.29 is 0 Å². The number of benzene rings is 3. The molecule has 3 aromatic carbocycles. The van der Waals surface area contributed by atoms with Gasteiger partial charge in [0, 0.05) is 38.8 Å².